The Morgan fingerprint density at radius 3 is 2.10 bits per heavy atom. The molecule has 0 rings (SSSR count). The maximum Gasteiger partial charge on any atom is 0.329 e. The minimum absolute atomic E-state index is 0.145. The topological polar surface area (TPSA) is 113 Å². The molecule has 0 aliphatic heterocycles. The van der Waals surface area contributed by atoms with E-state index in [0.717, 1.165) is 0 Å². The number of amides is 3. The Balaban J connectivity index is 5.39. The van der Waals surface area contributed by atoms with E-state index in [1.807, 2.05) is 6.92 Å². The molecule has 0 aromatic heterocycles. The molecule has 7 nitrogen and oxygen atoms in total. The number of nitrogens with zero attached hydrogens (tertiary/aromatic N) is 1. The molecule has 0 bridgehead atoms. The summed E-state index contributed by atoms with van der Waals surface area (Å²) < 4.78 is 0. The van der Waals surface area contributed by atoms with E-state index in [-0.39, 0.29) is 12.5 Å². The molecule has 0 saturated heterocycles. The predicted octanol–water partition coefficient (Wildman–Crippen LogP) is 0.781. The van der Waals surface area contributed by atoms with Gasteiger partial charge in [0.15, 0.2) is 0 Å². The van der Waals surface area contributed by atoms with Crippen molar-refractivity contribution >= 4 is 17.9 Å². The van der Waals surface area contributed by atoms with Gasteiger partial charge in [-0.3, -0.25) is 4.79 Å². The average Bonchev–Trinajstić information content (AvgIpc) is 2.34. The third-order valence-electron chi connectivity index (χ3n) is 3.56. The fraction of sp³-hybridized carbons (Fsp3) is 0.769. The van der Waals surface area contributed by atoms with Crippen molar-refractivity contribution < 1.29 is 19.5 Å². The van der Waals surface area contributed by atoms with E-state index >= 15 is 0 Å². The number of carboxylic acid groups (broad SMARTS) is 1. The maximum atomic E-state index is 12.6. The van der Waals surface area contributed by atoms with Crippen LogP contribution in [0.3, 0.4) is 0 Å². The van der Waals surface area contributed by atoms with E-state index < -0.39 is 29.5 Å². The van der Waals surface area contributed by atoms with Gasteiger partial charge in [-0.1, -0.05) is 20.3 Å². The number of likely N-dealkylation sites (N-methyl/N-ethyl adjacent to an activating group) is 1. The van der Waals surface area contributed by atoms with Crippen LogP contribution >= 0.6 is 0 Å². The van der Waals surface area contributed by atoms with Crippen molar-refractivity contribution in [1.82, 2.24) is 10.2 Å². The van der Waals surface area contributed by atoms with Gasteiger partial charge < -0.3 is 21.1 Å². The largest absolute Gasteiger partial charge is 0.480 e. The second-order valence-electron chi connectivity index (χ2n) is 5.32. The number of primary amides is 1. The molecular formula is C13H25N3O4. The summed E-state index contributed by atoms with van der Waals surface area (Å²) in [6, 6.07) is -1.62. The Morgan fingerprint density at radius 2 is 1.80 bits per heavy atom. The van der Waals surface area contributed by atoms with Crippen LogP contribution in [0.4, 0.5) is 4.79 Å². The zero-order chi connectivity index (χ0) is 16.1. The van der Waals surface area contributed by atoms with Crippen molar-refractivity contribution in [3.63, 3.8) is 0 Å². The highest BCUT2D eigenvalue weighted by Crippen LogP contribution is 2.19. The van der Waals surface area contributed by atoms with Crippen LogP contribution in [0.15, 0.2) is 0 Å². The molecule has 2 atom stereocenters. The van der Waals surface area contributed by atoms with Gasteiger partial charge >= 0.3 is 12.0 Å². The van der Waals surface area contributed by atoms with Gasteiger partial charge in [-0.25, -0.2) is 9.59 Å². The molecule has 0 aliphatic carbocycles. The number of nitrogens with one attached hydrogen (secondary N) is 1. The van der Waals surface area contributed by atoms with Crippen molar-refractivity contribution in [2.45, 2.75) is 52.6 Å². The summed E-state index contributed by atoms with van der Waals surface area (Å²) in [6.45, 7) is 8.52. The summed E-state index contributed by atoms with van der Waals surface area (Å²) in [5.74, 6) is -1.68. The molecule has 0 heterocycles. The van der Waals surface area contributed by atoms with Crippen LogP contribution in [-0.2, 0) is 9.59 Å². The smallest absolute Gasteiger partial charge is 0.329 e. The normalized spacial score (nSPS) is 14.2. The lowest BCUT2D eigenvalue weighted by atomic mass is 9.94. The fourth-order valence-electron chi connectivity index (χ4n) is 1.95. The quantitative estimate of drug-likeness (QED) is 0.642. The van der Waals surface area contributed by atoms with Crippen LogP contribution in [0.5, 0.6) is 0 Å². The number of nitrogens with two attached hydrogens (primary N) is 1. The van der Waals surface area contributed by atoms with E-state index in [4.69, 9.17) is 5.73 Å². The Morgan fingerprint density at radius 1 is 1.30 bits per heavy atom. The molecule has 0 aromatic carbocycles. The second-order valence-corrected chi connectivity index (χ2v) is 5.32. The van der Waals surface area contributed by atoms with Crippen LogP contribution in [-0.4, -0.2) is 46.0 Å². The SMILES string of the molecule is CCC(C)C(NC(N)=O)C(=O)N(CC)C(C)(C)C(=O)O. The summed E-state index contributed by atoms with van der Waals surface area (Å²) in [5.41, 5.74) is 3.75. The van der Waals surface area contributed by atoms with Gasteiger partial charge in [-0.05, 0) is 26.7 Å². The zero-order valence-corrected chi connectivity index (χ0v) is 12.8. The molecule has 0 saturated carbocycles. The van der Waals surface area contributed by atoms with E-state index in [2.05, 4.69) is 5.32 Å². The van der Waals surface area contributed by atoms with Gasteiger partial charge in [0.05, 0.1) is 0 Å². The zero-order valence-electron chi connectivity index (χ0n) is 12.8. The van der Waals surface area contributed by atoms with Crippen LogP contribution in [0, 0.1) is 5.92 Å². The van der Waals surface area contributed by atoms with Gasteiger partial charge in [0.25, 0.3) is 0 Å². The Bertz CT molecular complexity index is 382. The first-order valence-corrected chi connectivity index (χ1v) is 6.70. The predicted molar refractivity (Wildman–Crippen MR) is 75.1 cm³/mol. The Kier molecular flexibility index (Phi) is 6.48. The highest BCUT2D eigenvalue weighted by Gasteiger charge is 2.40. The molecule has 2 unspecified atom stereocenters. The van der Waals surface area contributed by atoms with E-state index in [9.17, 15) is 19.5 Å². The summed E-state index contributed by atoms with van der Waals surface area (Å²) in [6.07, 6.45) is 0.655. The molecule has 0 spiro atoms. The lowest BCUT2D eigenvalue weighted by Gasteiger charge is -2.38. The molecule has 0 fully saturated rings. The number of hydrogen-bond acceptors (Lipinski definition) is 3. The first-order valence-electron chi connectivity index (χ1n) is 6.70. The summed E-state index contributed by atoms with van der Waals surface area (Å²) >= 11 is 0. The summed E-state index contributed by atoms with van der Waals surface area (Å²) in [4.78, 5) is 36.1. The van der Waals surface area contributed by atoms with Crippen LogP contribution in [0.2, 0.25) is 0 Å². The first-order chi connectivity index (χ1) is 9.09. The highest BCUT2D eigenvalue weighted by atomic mass is 16.4. The lowest BCUT2D eigenvalue weighted by Crippen LogP contribution is -2.60. The monoisotopic (exact) mass is 287 g/mol. The molecular weight excluding hydrogens is 262 g/mol. The number of urea groups is 1. The first kappa shape index (κ1) is 18.2. The second kappa shape index (κ2) is 7.12. The third-order valence-corrected chi connectivity index (χ3v) is 3.56. The minimum atomic E-state index is -1.35. The van der Waals surface area contributed by atoms with Crippen molar-refractivity contribution in [3.05, 3.63) is 0 Å². The molecule has 0 aromatic rings. The molecule has 3 amide bonds. The molecule has 0 aliphatic rings. The van der Waals surface area contributed by atoms with E-state index in [0.29, 0.717) is 6.42 Å². The fourth-order valence-corrected chi connectivity index (χ4v) is 1.95. The molecule has 116 valence electrons. The van der Waals surface area contributed by atoms with E-state index in [1.165, 1.54) is 18.7 Å². The number of hydrogen-bond donors (Lipinski definition) is 3. The lowest BCUT2D eigenvalue weighted by molar-refractivity contribution is -0.158. The molecule has 7 heteroatoms. The number of carbonyl (C=O) groups excluding carboxylic acids is 2. The Hall–Kier alpha value is -1.79. The summed E-state index contributed by atoms with van der Waals surface area (Å²) in [5, 5.41) is 11.7. The van der Waals surface area contributed by atoms with Crippen LogP contribution in [0.25, 0.3) is 0 Å². The summed E-state index contributed by atoms with van der Waals surface area (Å²) in [7, 11) is 0. The number of carbonyl (C=O) groups is 3. The highest BCUT2D eigenvalue weighted by molar-refractivity contribution is 5.91. The van der Waals surface area contributed by atoms with Gasteiger partial charge in [-0.2, -0.15) is 0 Å². The van der Waals surface area contributed by atoms with Crippen molar-refractivity contribution in [2.75, 3.05) is 6.54 Å². The van der Waals surface area contributed by atoms with Crippen LogP contribution < -0.4 is 11.1 Å². The van der Waals surface area contributed by atoms with Crippen molar-refractivity contribution in [3.8, 4) is 0 Å². The third kappa shape index (κ3) is 4.11. The van der Waals surface area contributed by atoms with Gasteiger partial charge in [0.1, 0.15) is 11.6 Å². The van der Waals surface area contributed by atoms with Gasteiger partial charge in [0, 0.05) is 6.54 Å². The number of rotatable bonds is 7. The molecule has 0 radical (unpaired) electrons. The number of aliphatic carboxylic acids is 1. The average molecular weight is 287 g/mol. The van der Waals surface area contributed by atoms with Gasteiger partial charge in [-0.15, -0.1) is 0 Å². The van der Waals surface area contributed by atoms with Crippen molar-refractivity contribution in [2.24, 2.45) is 11.7 Å². The maximum absolute atomic E-state index is 12.6. The minimum Gasteiger partial charge on any atom is -0.480 e. The number of carboxylic acids is 1. The Labute approximate surface area is 119 Å². The van der Waals surface area contributed by atoms with Gasteiger partial charge in [0.2, 0.25) is 5.91 Å². The standard InChI is InChI=1S/C13H25N3O4/c1-6-8(3)9(15-12(14)20)10(17)16(7-2)13(4,5)11(18)19/h8-9H,6-7H2,1-5H3,(H,18,19)(H3,14,15,20). The van der Waals surface area contributed by atoms with Crippen LogP contribution in [0.1, 0.15) is 41.0 Å². The molecule has 4 N–H and O–H groups in total. The van der Waals surface area contributed by atoms with E-state index in [1.54, 1.807) is 13.8 Å². The molecule has 20 heavy (non-hydrogen) atoms. The van der Waals surface area contributed by atoms with Crippen molar-refractivity contribution in [1.29, 1.82) is 0 Å².